The second kappa shape index (κ2) is 5.24. The van der Waals surface area contributed by atoms with Crippen LogP contribution in [0.5, 0.6) is 0 Å². The van der Waals surface area contributed by atoms with Crippen LogP contribution in [-0.2, 0) is 6.54 Å². The van der Waals surface area contributed by atoms with E-state index in [1.165, 1.54) is 18.3 Å². The van der Waals surface area contributed by atoms with Crippen LogP contribution in [0.3, 0.4) is 0 Å². The molecule has 1 aliphatic rings. The fourth-order valence-corrected chi connectivity index (χ4v) is 2.20. The third-order valence-corrected chi connectivity index (χ3v) is 3.23. The number of nitrogens with two attached hydrogens (primary N) is 1. The summed E-state index contributed by atoms with van der Waals surface area (Å²) >= 11 is 0. The lowest BCUT2D eigenvalue weighted by Crippen LogP contribution is -2.43. The van der Waals surface area contributed by atoms with E-state index in [9.17, 15) is 18.0 Å². The zero-order valence-corrected chi connectivity index (χ0v) is 10.4. The Bertz CT molecular complexity index is 447. The Kier molecular flexibility index (Phi) is 3.84. The first kappa shape index (κ1) is 13.9. The van der Waals surface area contributed by atoms with Crippen molar-refractivity contribution in [2.45, 2.75) is 31.6 Å². The Morgan fingerprint density at radius 1 is 1.37 bits per heavy atom. The van der Waals surface area contributed by atoms with Gasteiger partial charge in [0.15, 0.2) is 0 Å². The molecule has 0 saturated carbocycles. The molecule has 1 aromatic heterocycles. The van der Waals surface area contributed by atoms with E-state index in [0.29, 0.717) is 25.9 Å². The van der Waals surface area contributed by atoms with Gasteiger partial charge in [0.25, 0.3) is 5.91 Å². The Balaban J connectivity index is 2.09. The van der Waals surface area contributed by atoms with E-state index in [-0.39, 0.29) is 17.6 Å². The minimum absolute atomic E-state index is 0.0750. The molecule has 19 heavy (non-hydrogen) atoms. The molecule has 0 unspecified atom stereocenters. The molecule has 106 valence electrons. The molecule has 0 atom stereocenters. The number of hydrogen-bond acceptors (Lipinski definition) is 2. The van der Waals surface area contributed by atoms with Crippen molar-refractivity contribution < 1.29 is 18.0 Å². The highest BCUT2D eigenvalue weighted by Crippen LogP contribution is 2.20. The van der Waals surface area contributed by atoms with Crippen LogP contribution in [0.15, 0.2) is 18.3 Å². The second-order valence-corrected chi connectivity index (χ2v) is 4.77. The molecule has 2 heterocycles. The average Bonchev–Trinajstić information content (AvgIpc) is 2.75. The van der Waals surface area contributed by atoms with Gasteiger partial charge in [0.2, 0.25) is 0 Å². The molecule has 0 bridgehead atoms. The number of aromatic nitrogens is 1. The molecule has 1 aliphatic heterocycles. The monoisotopic (exact) mass is 275 g/mol. The predicted molar refractivity (Wildman–Crippen MR) is 63.6 cm³/mol. The van der Waals surface area contributed by atoms with Gasteiger partial charge in [-0.05, 0) is 25.0 Å². The summed E-state index contributed by atoms with van der Waals surface area (Å²) in [6.07, 6.45) is -1.69. The quantitative estimate of drug-likeness (QED) is 0.891. The molecule has 1 amide bonds. The summed E-state index contributed by atoms with van der Waals surface area (Å²) in [6, 6.07) is 2.95. The zero-order valence-electron chi connectivity index (χ0n) is 10.4. The molecule has 1 fully saturated rings. The molecule has 2 rings (SSSR count). The van der Waals surface area contributed by atoms with E-state index in [1.54, 1.807) is 4.90 Å². The molecule has 0 radical (unpaired) electrons. The van der Waals surface area contributed by atoms with E-state index in [1.807, 2.05) is 0 Å². The predicted octanol–water partition coefficient (Wildman–Crippen LogP) is 1.61. The molecule has 2 N–H and O–H groups in total. The number of nitrogens with zero attached hydrogens (tertiary/aromatic N) is 2. The highest BCUT2D eigenvalue weighted by atomic mass is 19.4. The molecule has 7 heteroatoms. The highest BCUT2D eigenvalue weighted by Gasteiger charge is 2.30. The molecule has 4 nitrogen and oxygen atoms in total. The normalized spacial score (nSPS) is 17.8. The highest BCUT2D eigenvalue weighted by molar-refractivity contribution is 5.92. The topological polar surface area (TPSA) is 51.3 Å². The number of likely N-dealkylation sites (tertiary alicyclic amines) is 1. The SMILES string of the molecule is NC1CCN(C(=O)c2cccn2CC(F)(F)F)CC1. The first-order valence-electron chi connectivity index (χ1n) is 6.13. The number of carbonyl (C=O) groups is 1. The van der Waals surface area contributed by atoms with Crippen molar-refractivity contribution >= 4 is 5.91 Å². The molecular weight excluding hydrogens is 259 g/mol. The van der Waals surface area contributed by atoms with Gasteiger partial charge in [-0.2, -0.15) is 13.2 Å². The summed E-state index contributed by atoms with van der Waals surface area (Å²) in [5, 5.41) is 0. The fourth-order valence-electron chi connectivity index (χ4n) is 2.20. The minimum Gasteiger partial charge on any atom is -0.337 e. The van der Waals surface area contributed by atoms with Crippen molar-refractivity contribution in [3.8, 4) is 0 Å². The lowest BCUT2D eigenvalue weighted by molar-refractivity contribution is -0.140. The van der Waals surface area contributed by atoms with Crippen molar-refractivity contribution in [1.82, 2.24) is 9.47 Å². The third-order valence-electron chi connectivity index (χ3n) is 3.23. The van der Waals surface area contributed by atoms with Crippen LogP contribution >= 0.6 is 0 Å². The summed E-state index contributed by atoms with van der Waals surface area (Å²) < 4.78 is 38.1. The van der Waals surface area contributed by atoms with Crippen LogP contribution < -0.4 is 5.73 Å². The number of amides is 1. The zero-order chi connectivity index (χ0) is 14.0. The van der Waals surface area contributed by atoms with Crippen LogP contribution in [0.1, 0.15) is 23.3 Å². The Labute approximate surface area is 109 Å². The Morgan fingerprint density at radius 2 is 2.00 bits per heavy atom. The number of hydrogen-bond donors (Lipinski definition) is 1. The largest absolute Gasteiger partial charge is 0.406 e. The fraction of sp³-hybridized carbons (Fsp3) is 0.583. The van der Waals surface area contributed by atoms with Gasteiger partial charge in [-0.25, -0.2) is 0 Å². The van der Waals surface area contributed by atoms with Crippen molar-refractivity contribution in [2.24, 2.45) is 5.73 Å². The van der Waals surface area contributed by atoms with Crippen molar-refractivity contribution in [3.63, 3.8) is 0 Å². The number of piperidine rings is 1. The minimum atomic E-state index is -4.34. The summed E-state index contributed by atoms with van der Waals surface area (Å²) in [4.78, 5) is 13.7. The molecule has 1 saturated heterocycles. The van der Waals surface area contributed by atoms with Gasteiger partial charge >= 0.3 is 6.18 Å². The average molecular weight is 275 g/mol. The summed E-state index contributed by atoms with van der Waals surface area (Å²) in [5.41, 5.74) is 5.81. The van der Waals surface area contributed by atoms with Crippen molar-refractivity contribution in [3.05, 3.63) is 24.0 Å². The standard InChI is InChI=1S/C12H16F3N3O/c13-12(14,15)8-18-5-1-2-10(18)11(19)17-6-3-9(16)4-7-17/h1-2,5,9H,3-4,6-8,16H2. The van der Waals surface area contributed by atoms with Crippen LogP contribution in [0, 0.1) is 0 Å². The molecule has 0 spiro atoms. The van der Waals surface area contributed by atoms with Crippen LogP contribution in [0.2, 0.25) is 0 Å². The first-order valence-corrected chi connectivity index (χ1v) is 6.13. The van der Waals surface area contributed by atoms with E-state index in [2.05, 4.69) is 0 Å². The summed E-state index contributed by atoms with van der Waals surface area (Å²) in [7, 11) is 0. The number of alkyl halides is 3. The lowest BCUT2D eigenvalue weighted by atomic mass is 10.1. The maximum Gasteiger partial charge on any atom is 0.406 e. The molecule has 1 aromatic rings. The maximum absolute atomic E-state index is 12.4. The van der Waals surface area contributed by atoms with Gasteiger partial charge in [-0.1, -0.05) is 0 Å². The third kappa shape index (κ3) is 3.50. The van der Waals surface area contributed by atoms with Gasteiger partial charge in [0, 0.05) is 25.3 Å². The van der Waals surface area contributed by atoms with Crippen LogP contribution in [0.25, 0.3) is 0 Å². The van der Waals surface area contributed by atoms with Gasteiger partial charge in [0.1, 0.15) is 12.2 Å². The van der Waals surface area contributed by atoms with E-state index >= 15 is 0 Å². The lowest BCUT2D eigenvalue weighted by Gasteiger charge is -2.30. The Hall–Kier alpha value is -1.50. The number of halogens is 3. The van der Waals surface area contributed by atoms with Gasteiger partial charge in [-0.15, -0.1) is 0 Å². The molecule has 0 aromatic carbocycles. The van der Waals surface area contributed by atoms with Crippen LogP contribution in [0.4, 0.5) is 13.2 Å². The molecular formula is C12H16F3N3O. The van der Waals surface area contributed by atoms with Crippen molar-refractivity contribution in [2.75, 3.05) is 13.1 Å². The van der Waals surface area contributed by atoms with Crippen molar-refractivity contribution in [1.29, 1.82) is 0 Å². The smallest absolute Gasteiger partial charge is 0.337 e. The summed E-state index contributed by atoms with van der Waals surface area (Å²) in [5.74, 6) is -0.360. The molecule has 0 aliphatic carbocycles. The van der Waals surface area contributed by atoms with E-state index < -0.39 is 12.7 Å². The van der Waals surface area contributed by atoms with E-state index in [0.717, 1.165) is 4.57 Å². The second-order valence-electron chi connectivity index (χ2n) is 4.77. The first-order chi connectivity index (χ1) is 8.87. The van der Waals surface area contributed by atoms with Gasteiger partial charge in [-0.3, -0.25) is 4.79 Å². The number of rotatable bonds is 2. The maximum atomic E-state index is 12.4. The Morgan fingerprint density at radius 3 is 2.58 bits per heavy atom. The van der Waals surface area contributed by atoms with Crippen LogP contribution in [-0.4, -0.2) is 40.7 Å². The summed E-state index contributed by atoms with van der Waals surface area (Å²) in [6.45, 7) is -0.150. The van der Waals surface area contributed by atoms with Gasteiger partial charge in [0.05, 0.1) is 0 Å². The number of carbonyl (C=O) groups excluding carboxylic acids is 1. The van der Waals surface area contributed by atoms with E-state index in [4.69, 9.17) is 5.73 Å². The van der Waals surface area contributed by atoms with Gasteiger partial charge < -0.3 is 15.2 Å².